The lowest BCUT2D eigenvalue weighted by molar-refractivity contribution is 1.23. The molecule has 0 amide bonds. The topological polar surface area (TPSA) is 49.9 Å². The third-order valence-corrected chi connectivity index (χ3v) is 4.78. The maximum atomic E-state index is 12.6. The molecule has 0 radical (unpaired) electrons. The Morgan fingerprint density at radius 3 is 1.16 bits per heavy atom. The fourth-order valence-electron chi connectivity index (χ4n) is 3.54. The first-order chi connectivity index (χ1) is 12.2. The van der Waals surface area contributed by atoms with E-state index in [0.717, 1.165) is 32.3 Å². The highest BCUT2D eigenvalue weighted by molar-refractivity contribution is 6.13. The van der Waals surface area contributed by atoms with E-state index in [1.54, 1.807) is 0 Å². The predicted octanol–water partition coefficient (Wildman–Crippen LogP) is 4.35. The van der Waals surface area contributed by atoms with Gasteiger partial charge >= 0.3 is 0 Å². The molecule has 3 heteroatoms. The van der Waals surface area contributed by atoms with Crippen molar-refractivity contribution in [3.8, 4) is 0 Å². The van der Waals surface area contributed by atoms with E-state index in [9.17, 15) is 9.59 Å². The Labute approximate surface area is 142 Å². The third-order valence-electron chi connectivity index (χ3n) is 4.78. The highest BCUT2D eigenvalue weighted by Gasteiger charge is 2.09. The molecule has 4 aromatic carbocycles. The van der Waals surface area contributed by atoms with Crippen molar-refractivity contribution in [3.05, 3.63) is 93.5 Å². The summed E-state index contributed by atoms with van der Waals surface area (Å²) in [5.41, 5.74) is -0.711. The molecule has 5 aromatic rings. The first-order valence-electron chi connectivity index (χ1n) is 8.12. The van der Waals surface area contributed by atoms with E-state index in [1.165, 1.54) is 0 Å². The Morgan fingerprint density at radius 1 is 0.480 bits per heavy atom. The highest BCUT2D eigenvalue weighted by Crippen LogP contribution is 2.28. The van der Waals surface area contributed by atoms with E-state index in [4.69, 9.17) is 0 Å². The lowest BCUT2D eigenvalue weighted by atomic mass is 9.99. The van der Waals surface area contributed by atoms with Gasteiger partial charge in [0.25, 0.3) is 11.1 Å². The molecule has 118 valence electrons. The summed E-state index contributed by atoms with van der Waals surface area (Å²) in [5, 5.41) is 6.69. The van der Waals surface area contributed by atoms with Gasteiger partial charge in [-0.15, -0.1) is 0 Å². The van der Waals surface area contributed by atoms with Crippen LogP contribution >= 0.6 is 0 Å². The van der Waals surface area contributed by atoms with Crippen molar-refractivity contribution in [3.63, 3.8) is 0 Å². The van der Waals surface area contributed by atoms with Gasteiger partial charge in [0.15, 0.2) is 0 Å². The summed E-state index contributed by atoms with van der Waals surface area (Å²) in [6.07, 6.45) is 0. The summed E-state index contributed by atoms with van der Waals surface area (Å²) in [4.78, 5) is 27.7. The normalized spacial score (nSPS) is 11.5. The standard InChI is InChI=1S/C22H13NO2/c24-21-19-11-15-7-3-1-5-13(15)9-17(19)18-10-14-6-2-4-8-16(14)12-20(18)22(25)23-21/h1-12H,(H,23,24,25). The molecule has 0 aliphatic heterocycles. The summed E-state index contributed by atoms with van der Waals surface area (Å²) < 4.78 is 0. The molecular weight excluding hydrogens is 310 g/mol. The maximum absolute atomic E-state index is 12.6. The van der Waals surface area contributed by atoms with Gasteiger partial charge in [-0.05, 0) is 56.6 Å². The van der Waals surface area contributed by atoms with Crippen molar-refractivity contribution in [2.24, 2.45) is 0 Å². The second-order valence-electron chi connectivity index (χ2n) is 6.27. The molecule has 0 fully saturated rings. The minimum atomic E-state index is -0.356. The average Bonchev–Trinajstić information content (AvgIpc) is 2.74. The fraction of sp³-hybridized carbons (Fsp3) is 0. The minimum absolute atomic E-state index is 0.356. The molecule has 3 nitrogen and oxygen atoms in total. The van der Waals surface area contributed by atoms with E-state index < -0.39 is 0 Å². The molecule has 1 heterocycles. The Kier molecular flexibility index (Phi) is 2.80. The first kappa shape index (κ1) is 13.9. The largest absolute Gasteiger partial charge is 0.288 e. The van der Waals surface area contributed by atoms with E-state index in [1.807, 2.05) is 72.8 Å². The van der Waals surface area contributed by atoms with Gasteiger partial charge in [0.2, 0.25) is 0 Å². The van der Waals surface area contributed by atoms with Gasteiger partial charge < -0.3 is 0 Å². The van der Waals surface area contributed by atoms with Crippen LogP contribution in [0.2, 0.25) is 0 Å². The van der Waals surface area contributed by atoms with Gasteiger partial charge in [0.1, 0.15) is 0 Å². The summed E-state index contributed by atoms with van der Waals surface area (Å²) in [6.45, 7) is 0. The number of benzene rings is 4. The monoisotopic (exact) mass is 323 g/mol. The second kappa shape index (κ2) is 5.02. The summed E-state index contributed by atoms with van der Waals surface area (Å²) in [5.74, 6) is 0. The minimum Gasteiger partial charge on any atom is -0.288 e. The Hall–Kier alpha value is -3.46. The number of aromatic amines is 1. The fourth-order valence-corrected chi connectivity index (χ4v) is 3.54. The Morgan fingerprint density at radius 2 is 0.800 bits per heavy atom. The van der Waals surface area contributed by atoms with Crippen LogP contribution in [0, 0.1) is 0 Å². The lowest BCUT2D eigenvalue weighted by Crippen LogP contribution is -2.13. The van der Waals surface area contributed by atoms with Crippen LogP contribution in [-0.4, -0.2) is 4.98 Å². The van der Waals surface area contributed by atoms with Crippen LogP contribution in [0.4, 0.5) is 0 Å². The van der Waals surface area contributed by atoms with Crippen molar-refractivity contribution in [1.29, 1.82) is 0 Å². The SMILES string of the molecule is O=c1[nH]c(=O)c2cc3ccccc3cc2c2cc3ccccc3cc12. The quantitative estimate of drug-likeness (QED) is 0.461. The number of fused-ring (bicyclic) bond motifs is 5. The molecule has 0 spiro atoms. The van der Waals surface area contributed by atoms with E-state index in [-0.39, 0.29) is 11.1 Å². The zero-order valence-electron chi connectivity index (χ0n) is 13.2. The molecule has 0 bridgehead atoms. The van der Waals surface area contributed by atoms with Crippen LogP contribution in [0.5, 0.6) is 0 Å². The van der Waals surface area contributed by atoms with Crippen molar-refractivity contribution < 1.29 is 0 Å². The number of rotatable bonds is 0. The molecular formula is C22H13NO2. The zero-order valence-corrected chi connectivity index (χ0v) is 13.2. The van der Waals surface area contributed by atoms with E-state index in [0.29, 0.717) is 10.8 Å². The summed E-state index contributed by atoms with van der Waals surface area (Å²) in [7, 11) is 0. The predicted molar refractivity (Wildman–Crippen MR) is 103 cm³/mol. The van der Waals surface area contributed by atoms with Crippen molar-refractivity contribution in [2.45, 2.75) is 0 Å². The number of nitrogens with one attached hydrogen (secondary N) is 1. The summed E-state index contributed by atoms with van der Waals surface area (Å²) >= 11 is 0. The van der Waals surface area contributed by atoms with Crippen LogP contribution in [0.15, 0.2) is 82.4 Å². The number of hydrogen-bond donors (Lipinski definition) is 1. The molecule has 1 N–H and O–H groups in total. The van der Waals surface area contributed by atoms with E-state index in [2.05, 4.69) is 4.98 Å². The second-order valence-corrected chi connectivity index (χ2v) is 6.27. The van der Waals surface area contributed by atoms with Gasteiger partial charge in [-0.3, -0.25) is 14.6 Å². The molecule has 0 aliphatic rings. The summed E-state index contributed by atoms with van der Waals surface area (Å²) in [6, 6.07) is 23.5. The number of hydrogen-bond acceptors (Lipinski definition) is 2. The molecule has 0 aliphatic carbocycles. The van der Waals surface area contributed by atoms with Gasteiger partial charge in [0, 0.05) is 10.8 Å². The molecule has 25 heavy (non-hydrogen) atoms. The van der Waals surface area contributed by atoms with Crippen LogP contribution in [0.25, 0.3) is 43.1 Å². The maximum Gasteiger partial charge on any atom is 0.258 e. The van der Waals surface area contributed by atoms with Crippen molar-refractivity contribution in [1.82, 2.24) is 4.98 Å². The van der Waals surface area contributed by atoms with Crippen LogP contribution in [-0.2, 0) is 0 Å². The first-order valence-corrected chi connectivity index (χ1v) is 8.12. The molecule has 0 atom stereocenters. The Balaban J connectivity index is 2.15. The Bertz CT molecular complexity index is 1320. The molecule has 5 rings (SSSR count). The van der Waals surface area contributed by atoms with Crippen molar-refractivity contribution in [2.75, 3.05) is 0 Å². The third kappa shape index (κ3) is 2.06. The number of aromatic nitrogens is 1. The smallest absolute Gasteiger partial charge is 0.258 e. The highest BCUT2D eigenvalue weighted by atomic mass is 16.2. The number of H-pyrrole nitrogens is 1. The van der Waals surface area contributed by atoms with Crippen LogP contribution in [0.1, 0.15) is 0 Å². The molecule has 0 saturated carbocycles. The van der Waals surface area contributed by atoms with Crippen LogP contribution < -0.4 is 11.1 Å². The molecule has 0 unspecified atom stereocenters. The molecule has 1 aromatic heterocycles. The average molecular weight is 323 g/mol. The van der Waals surface area contributed by atoms with Crippen LogP contribution in [0.3, 0.4) is 0 Å². The van der Waals surface area contributed by atoms with Gasteiger partial charge in [0.05, 0.1) is 0 Å². The molecule has 0 saturated heterocycles. The zero-order chi connectivity index (χ0) is 17.0. The van der Waals surface area contributed by atoms with Crippen molar-refractivity contribution >= 4 is 43.1 Å². The van der Waals surface area contributed by atoms with Gasteiger partial charge in [-0.2, -0.15) is 0 Å². The van der Waals surface area contributed by atoms with Gasteiger partial charge in [-0.1, -0.05) is 48.5 Å². The van der Waals surface area contributed by atoms with Gasteiger partial charge in [-0.25, -0.2) is 0 Å². The lowest BCUT2D eigenvalue weighted by Gasteiger charge is -2.03. The van der Waals surface area contributed by atoms with E-state index >= 15 is 0 Å².